The van der Waals surface area contributed by atoms with Gasteiger partial charge in [0.05, 0.1) is 12.5 Å². The van der Waals surface area contributed by atoms with Crippen LogP contribution in [-0.2, 0) is 14.3 Å². The van der Waals surface area contributed by atoms with Gasteiger partial charge in [-0.3, -0.25) is 9.59 Å². The number of rotatable bonds is 9. The van der Waals surface area contributed by atoms with Crippen LogP contribution in [0.15, 0.2) is 48.5 Å². The molecule has 0 spiro atoms. The molecule has 186 valence electrons. The van der Waals surface area contributed by atoms with Gasteiger partial charge in [-0.25, -0.2) is 4.79 Å². The second-order valence-electron chi connectivity index (χ2n) is 9.35. The molecule has 2 aliphatic rings. The zero-order valence-corrected chi connectivity index (χ0v) is 19.6. The second kappa shape index (κ2) is 11.4. The van der Waals surface area contributed by atoms with Crippen LogP contribution in [0.3, 0.4) is 0 Å². The molecule has 0 aromatic heterocycles. The molecule has 2 amide bonds. The predicted octanol–water partition coefficient (Wildman–Crippen LogP) is 3.28. The minimum atomic E-state index is -1.13. The molecule has 4 rings (SSSR count). The van der Waals surface area contributed by atoms with Crippen molar-refractivity contribution in [3.05, 3.63) is 59.7 Å². The van der Waals surface area contributed by atoms with E-state index in [1.807, 2.05) is 24.3 Å². The van der Waals surface area contributed by atoms with Crippen LogP contribution < -0.4 is 10.6 Å². The van der Waals surface area contributed by atoms with Crippen LogP contribution in [0.1, 0.15) is 49.1 Å². The number of carbonyl (C=O) groups is 3. The first kappa shape index (κ1) is 24.7. The molecule has 0 heterocycles. The molecule has 0 radical (unpaired) electrons. The molecule has 0 bridgehead atoms. The third kappa shape index (κ3) is 6.00. The topological polar surface area (TPSA) is 125 Å². The minimum Gasteiger partial charge on any atom is -0.481 e. The predicted molar refractivity (Wildman–Crippen MR) is 130 cm³/mol. The average molecular weight is 481 g/mol. The molecule has 0 aliphatic heterocycles. The van der Waals surface area contributed by atoms with Crippen molar-refractivity contribution in [2.75, 3.05) is 19.7 Å². The molecule has 8 heteroatoms. The molecule has 8 nitrogen and oxygen atoms in total. The Morgan fingerprint density at radius 1 is 0.943 bits per heavy atom. The van der Waals surface area contributed by atoms with Crippen molar-refractivity contribution in [1.82, 2.24) is 10.6 Å². The van der Waals surface area contributed by atoms with Gasteiger partial charge in [-0.1, -0.05) is 61.4 Å². The van der Waals surface area contributed by atoms with E-state index < -0.39 is 24.6 Å². The number of aliphatic hydroxyl groups excluding tert-OH is 1. The van der Waals surface area contributed by atoms with Gasteiger partial charge >= 0.3 is 12.1 Å². The normalized spacial score (nSPS) is 19.8. The highest BCUT2D eigenvalue weighted by molar-refractivity contribution is 5.80. The summed E-state index contributed by atoms with van der Waals surface area (Å²) >= 11 is 0. The van der Waals surface area contributed by atoms with Crippen molar-refractivity contribution < 1.29 is 29.3 Å². The van der Waals surface area contributed by atoms with Crippen molar-refractivity contribution in [2.45, 2.75) is 44.1 Å². The summed E-state index contributed by atoms with van der Waals surface area (Å²) in [5.41, 5.74) is 4.63. The number of nitrogens with one attached hydrogen (secondary N) is 2. The van der Waals surface area contributed by atoms with E-state index in [-0.39, 0.29) is 36.8 Å². The lowest BCUT2D eigenvalue weighted by atomic mass is 9.78. The first-order valence-corrected chi connectivity index (χ1v) is 12.2. The Balaban J connectivity index is 1.28. The zero-order valence-electron chi connectivity index (χ0n) is 19.6. The van der Waals surface area contributed by atoms with Gasteiger partial charge in [-0.05, 0) is 41.0 Å². The standard InChI is InChI=1S/C27H32N2O6/c30-18(13-25(31)32)15-28-26(33)19-8-2-1-7-17(19)14-29-27(34)35-16-24-22-11-5-3-9-20(22)21-10-4-6-12-23(21)24/h3-6,9-12,17-19,24,30H,1-2,7-8,13-16H2,(H,28,33)(H,29,34)(H,31,32)/t17-,18?,19-/m1/s1. The summed E-state index contributed by atoms with van der Waals surface area (Å²) in [6.07, 6.45) is 1.33. The number of carboxylic acids is 1. The maximum absolute atomic E-state index is 12.7. The van der Waals surface area contributed by atoms with Crippen LogP contribution in [0.5, 0.6) is 0 Å². The molecular formula is C27H32N2O6. The number of amides is 2. The summed E-state index contributed by atoms with van der Waals surface area (Å²) in [7, 11) is 0. The Morgan fingerprint density at radius 3 is 2.23 bits per heavy atom. The summed E-state index contributed by atoms with van der Waals surface area (Å²) in [5.74, 6) is -1.68. The Hall–Kier alpha value is -3.39. The number of carboxylic acid groups (broad SMARTS) is 1. The van der Waals surface area contributed by atoms with E-state index in [1.54, 1.807) is 0 Å². The van der Waals surface area contributed by atoms with Crippen LogP contribution in [0.2, 0.25) is 0 Å². The number of fused-ring (bicyclic) bond motifs is 3. The molecule has 35 heavy (non-hydrogen) atoms. The van der Waals surface area contributed by atoms with Crippen LogP contribution in [0, 0.1) is 11.8 Å². The van der Waals surface area contributed by atoms with Crippen LogP contribution in [0.25, 0.3) is 11.1 Å². The van der Waals surface area contributed by atoms with Gasteiger partial charge in [0, 0.05) is 24.9 Å². The summed E-state index contributed by atoms with van der Waals surface area (Å²) in [6, 6.07) is 16.3. The second-order valence-corrected chi connectivity index (χ2v) is 9.35. The molecule has 1 unspecified atom stereocenters. The lowest BCUT2D eigenvalue weighted by Crippen LogP contribution is -2.44. The fraction of sp³-hybridized carbons (Fsp3) is 0.444. The molecule has 0 saturated heterocycles. The third-order valence-corrected chi connectivity index (χ3v) is 7.02. The van der Waals surface area contributed by atoms with E-state index >= 15 is 0 Å². The van der Waals surface area contributed by atoms with Crippen molar-refractivity contribution in [3.8, 4) is 11.1 Å². The van der Waals surface area contributed by atoms with Gasteiger partial charge in [-0.2, -0.15) is 0 Å². The average Bonchev–Trinajstić information content (AvgIpc) is 3.18. The molecule has 4 N–H and O–H groups in total. The van der Waals surface area contributed by atoms with Crippen LogP contribution in [0.4, 0.5) is 4.79 Å². The molecule has 2 aromatic rings. The van der Waals surface area contributed by atoms with Crippen molar-refractivity contribution >= 4 is 18.0 Å². The molecule has 2 aliphatic carbocycles. The molecule has 2 aromatic carbocycles. The summed E-state index contributed by atoms with van der Waals surface area (Å²) < 4.78 is 5.60. The Labute approximate surface area is 204 Å². The van der Waals surface area contributed by atoms with E-state index in [1.165, 1.54) is 11.1 Å². The van der Waals surface area contributed by atoms with Crippen LogP contribution in [-0.4, -0.2) is 54.0 Å². The molecule has 1 saturated carbocycles. The highest BCUT2D eigenvalue weighted by Gasteiger charge is 2.32. The van der Waals surface area contributed by atoms with Gasteiger partial charge < -0.3 is 25.6 Å². The zero-order chi connectivity index (χ0) is 24.8. The maximum Gasteiger partial charge on any atom is 0.407 e. The quantitative estimate of drug-likeness (QED) is 0.437. The Bertz CT molecular complexity index is 1030. The van der Waals surface area contributed by atoms with Crippen molar-refractivity contribution in [2.24, 2.45) is 11.8 Å². The van der Waals surface area contributed by atoms with Crippen LogP contribution >= 0.6 is 0 Å². The Morgan fingerprint density at radius 2 is 1.57 bits per heavy atom. The monoisotopic (exact) mass is 480 g/mol. The Kier molecular flexibility index (Phi) is 8.02. The fourth-order valence-electron chi connectivity index (χ4n) is 5.28. The van der Waals surface area contributed by atoms with Gasteiger partial charge in [0.1, 0.15) is 6.61 Å². The van der Waals surface area contributed by atoms with Gasteiger partial charge in [0.15, 0.2) is 0 Å². The molecular weight excluding hydrogens is 448 g/mol. The number of ether oxygens (including phenoxy) is 1. The largest absolute Gasteiger partial charge is 0.481 e. The van der Waals surface area contributed by atoms with Crippen molar-refractivity contribution in [1.29, 1.82) is 0 Å². The number of aliphatic hydroxyl groups is 1. The van der Waals surface area contributed by atoms with E-state index in [0.717, 1.165) is 30.4 Å². The number of hydrogen-bond donors (Lipinski definition) is 4. The van der Waals surface area contributed by atoms with E-state index in [0.29, 0.717) is 13.0 Å². The number of benzene rings is 2. The smallest absolute Gasteiger partial charge is 0.407 e. The number of carbonyl (C=O) groups excluding carboxylic acids is 2. The number of aliphatic carboxylic acids is 1. The third-order valence-electron chi connectivity index (χ3n) is 7.02. The molecule has 3 atom stereocenters. The summed E-state index contributed by atoms with van der Waals surface area (Å²) in [6.45, 7) is 0.455. The van der Waals surface area contributed by atoms with Crippen molar-refractivity contribution in [3.63, 3.8) is 0 Å². The minimum absolute atomic E-state index is 0.0152. The molecule has 1 fully saturated rings. The lowest BCUT2D eigenvalue weighted by molar-refractivity contribution is -0.139. The maximum atomic E-state index is 12.7. The first-order valence-electron chi connectivity index (χ1n) is 12.2. The van der Waals surface area contributed by atoms with Gasteiger partial charge in [-0.15, -0.1) is 0 Å². The van der Waals surface area contributed by atoms with E-state index in [2.05, 4.69) is 34.9 Å². The highest BCUT2D eigenvalue weighted by atomic mass is 16.5. The first-order chi connectivity index (χ1) is 16.9. The summed E-state index contributed by atoms with van der Waals surface area (Å²) in [5, 5.41) is 23.9. The lowest BCUT2D eigenvalue weighted by Gasteiger charge is -2.31. The van der Waals surface area contributed by atoms with Gasteiger partial charge in [0.2, 0.25) is 5.91 Å². The number of alkyl carbamates (subject to hydrolysis) is 1. The van der Waals surface area contributed by atoms with E-state index in [9.17, 15) is 19.5 Å². The fourth-order valence-corrected chi connectivity index (χ4v) is 5.28. The number of hydrogen-bond acceptors (Lipinski definition) is 5. The SMILES string of the molecule is O=C(O)CC(O)CNC(=O)[C@@H]1CCCC[C@@H]1CNC(=O)OCC1c2ccccc2-c2ccccc21. The van der Waals surface area contributed by atoms with Gasteiger partial charge in [0.25, 0.3) is 0 Å². The summed E-state index contributed by atoms with van der Waals surface area (Å²) in [4.78, 5) is 35.9. The van der Waals surface area contributed by atoms with E-state index in [4.69, 9.17) is 9.84 Å². The highest BCUT2D eigenvalue weighted by Crippen LogP contribution is 2.44.